The normalized spacial score (nSPS) is 14.9. The van der Waals surface area contributed by atoms with Crippen LogP contribution in [0.5, 0.6) is 0 Å². The number of nitro benzene ring substituents is 1. The molecule has 0 amide bonds. The topological polar surface area (TPSA) is 125 Å². The summed E-state index contributed by atoms with van der Waals surface area (Å²) >= 11 is 0. The van der Waals surface area contributed by atoms with E-state index in [0.29, 0.717) is 17.9 Å². The number of rotatable bonds is 12. The summed E-state index contributed by atoms with van der Waals surface area (Å²) in [5.41, 5.74) is 7.32. The fraction of sp³-hybridized carbons (Fsp3) is 0.417. The zero-order chi connectivity index (χ0) is 25.3. The van der Waals surface area contributed by atoms with Gasteiger partial charge in [0, 0.05) is 36.2 Å². The molecule has 0 bridgehead atoms. The van der Waals surface area contributed by atoms with Crippen molar-refractivity contribution in [2.45, 2.75) is 44.2 Å². The van der Waals surface area contributed by atoms with E-state index in [1.165, 1.54) is 24.3 Å². The number of nitrogens with two attached hydrogens (primary N) is 1. The predicted octanol–water partition coefficient (Wildman–Crippen LogP) is 3.65. The fourth-order valence-electron chi connectivity index (χ4n) is 3.41. The number of hydrogen-bond donors (Lipinski definition) is 1. The minimum absolute atomic E-state index is 0.0459. The summed E-state index contributed by atoms with van der Waals surface area (Å²) in [6.45, 7) is 6.16. The molecular weight excluding hydrogens is 458 g/mol. The molecule has 0 aromatic heterocycles. The molecule has 10 heteroatoms. The van der Waals surface area contributed by atoms with Gasteiger partial charge in [-0.25, -0.2) is 13.3 Å². The van der Waals surface area contributed by atoms with Crippen LogP contribution in [0.25, 0.3) is 0 Å². The maximum absolute atomic E-state index is 13.9. The summed E-state index contributed by atoms with van der Waals surface area (Å²) < 4.78 is 26.0. The quantitative estimate of drug-likeness (QED) is 0.208. The predicted molar refractivity (Wildman–Crippen MR) is 133 cm³/mol. The first-order valence-electron chi connectivity index (χ1n) is 11.0. The third-order valence-corrected chi connectivity index (χ3v) is 7.23. The molecule has 186 valence electrons. The Morgan fingerprint density at radius 3 is 2.29 bits per heavy atom. The zero-order valence-corrected chi connectivity index (χ0v) is 20.6. The van der Waals surface area contributed by atoms with Gasteiger partial charge in [-0.3, -0.25) is 10.1 Å². The van der Waals surface area contributed by atoms with Gasteiger partial charge in [-0.1, -0.05) is 44.2 Å². The molecule has 0 heterocycles. The molecular formula is C24H33N3O6S. The van der Waals surface area contributed by atoms with E-state index in [2.05, 4.69) is 5.87 Å². The average molecular weight is 492 g/mol. The fourth-order valence-corrected chi connectivity index (χ4v) is 5.19. The molecule has 0 saturated carbocycles. The first-order valence-corrected chi connectivity index (χ1v) is 12.7. The summed E-state index contributed by atoms with van der Waals surface area (Å²) in [5.74, 6) is 4.06. The summed E-state index contributed by atoms with van der Waals surface area (Å²) in [6.07, 6.45) is -1.26. The largest absolute Gasteiger partial charge is 0.508 e. The van der Waals surface area contributed by atoms with Crippen molar-refractivity contribution in [3.8, 4) is 0 Å². The van der Waals surface area contributed by atoms with Gasteiger partial charge in [-0.15, -0.1) is 0 Å². The third kappa shape index (κ3) is 7.82. The molecule has 34 heavy (non-hydrogen) atoms. The van der Waals surface area contributed by atoms with E-state index >= 15 is 0 Å². The van der Waals surface area contributed by atoms with Crippen LogP contribution in [0.3, 0.4) is 0 Å². The Bertz CT molecular complexity index is 1040. The van der Waals surface area contributed by atoms with Crippen LogP contribution in [0, 0.1) is 16.0 Å². The van der Waals surface area contributed by atoms with Gasteiger partial charge in [0.25, 0.3) is 5.69 Å². The van der Waals surface area contributed by atoms with Crippen LogP contribution < -0.4 is 5.73 Å². The Morgan fingerprint density at radius 1 is 1.15 bits per heavy atom. The van der Waals surface area contributed by atoms with Crippen molar-refractivity contribution < 1.29 is 23.4 Å². The number of hydrogen-bond acceptors (Lipinski definition) is 7. The second kappa shape index (κ2) is 12.5. The van der Waals surface area contributed by atoms with E-state index in [9.17, 15) is 19.1 Å². The molecule has 2 aromatic rings. The first kappa shape index (κ1) is 27.3. The van der Waals surface area contributed by atoms with Gasteiger partial charge in [-0.05, 0) is 42.8 Å². The Balaban J connectivity index is 2.35. The molecule has 0 saturated heterocycles. The van der Waals surface area contributed by atoms with E-state index in [0.717, 1.165) is 5.56 Å². The van der Waals surface area contributed by atoms with Gasteiger partial charge in [0.1, 0.15) is 6.10 Å². The number of nitro groups is 1. The monoisotopic (exact) mass is 491 g/mol. The van der Waals surface area contributed by atoms with Crippen LogP contribution in [-0.4, -0.2) is 57.3 Å². The molecule has 0 aliphatic heterocycles. The lowest BCUT2D eigenvalue weighted by atomic mass is 10.0. The molecule has 0 aliphatic rings. The molecule has 0 fully saturated rings. The summed E-state index contributed by atoms with van der Waals surface area (Å²) in [4.78, 5) is 23.0. The van der Waals surface area contributed by atoms with Crippen LogP contribution >= 0.6 is 0 Å². The summed E-state index contributed by atoms with van der Waals surface area (Å²) in [7, 11) is -3.07. The number of ether oxygens (including phenoxy) is 2. The number of nitrogens with zero attached hydrogens (tertiary/aromatic N) is 2. The second-order valence-corrected chi connectivity index (χ2v) is 10.6. The molecule has 0 radical (unpaired) electrons. The van der Waals surface area contributed by atoms with Crippen molar-refractivity contribution in [1.82, 2.24) is 4.31 Å². The van der Waals surface area contributed by atoms with Crippen molar-refractivity contribution >= 4 is 27.4 Å². The zero-order valence-electron chi connectivity index (χ0n) is 19.8. The van der Waals surface area contributed by atoms with Crippen LogP contribution in [0.15, 0.2) is 59.5 Å². The van der Waals surface area contributed by atoms with Crippen molar-refractivity contribution in [1.29, 1.82) is 0 Å². The highest BCUT2D eigenvalue weighted by atomic mass is 32.2. The molecule has 2 rings (SSSR count). The number of benzene rings is 2. The highest BCUT2D eigenvalue weighted by molar-refractivity contribution is 7.98. The van der Waals surface area contributed by atoms with Crippen LogP contribution in [-0.2, 0) is 25.6 Å². The molecule has 2 N–H and O–H groups in total. The Labute approximate surface area is 201 Å². The highest BCUT2D eigenvalue weighted by Gasteiger charge is 2.30. The first-order chi connectivity index (χ1) is 16.0. The van der Waals surface area contributed by atoms with Gasteiger partial charge < -0.3 is 15.2 Å². The maximum Gasteiger partial charge on any atom is 0.508 e. The molecule has 0 spiro atoms. The van der Waals surface area contributed by atoms with Crippen molar-refractivity contribution in [2.75, 3.05) is 19.7 Å². The van der Waals surface area contributed by atoms with E-state index in [1.807, 2.05) is 44.2 Å². The molecule has 3 unspecified atom stereocenters. The van der Waals surface area contributed by atoms with E-state index in [4.69, 9.17) is 15.2 Å². The van der Waals surface area contributed by atoms with Crippen molar-refractivity contribution in [2.24, 2.45) is 11.7 Å². The lowest BCUT2D eigenvalue weighted by Crippen LogP contribution is -2.49. The Morgan fingerprint density at radius 2 is 1.76 bits per heavy atom. The van der Waals surface area contributed by atoms with Crippen molar-refractivity contribution in [3.05, 3.63) is 70.3 Å². The smallest absolute Gasteiger partial charge is 0.435 e. The average Bonchev–Trinajstić information content (AvgIpc) is 2.78. The maximum atomic E-state index is 13.9. The molecule has 2 aromatic carbocycles. The van der Waals surface area contributed by atoms with Crippen molar-refractivity contribution in [3.63, 3.8) is 0 Å². The molecule has 3 atom stereocenters. The standard InChI is InChI=1S/C24H33N3O6S/c1-5-32-24(28)33-23(22(25)15-19-9-7-6-8-10-19)17-26(16-18(2)3)34(4,31)21-13-11-20(12-14-21)27(29)30/h6-14,18,22-23H,4-5,15-17,25H2,1-3H3. The van der Waals surface area contributed by atoms with E-state index < -0.39 is 32.9 Å². The second-order valence-electron chi connectivity index (χ2n) is 8.33. The van der Waals surface area contributed by atoms with Gasteiger partial charge in [0.2, 0.25) is 0 Å². The number of non-ortho nitro benzene ring substituents is 1. The van der Waals surface area contributed by atoms with Crippen LogP contribution in [0.1, 0.15) is 26.3 Å². The number of carbonyl (C=O) groups excluding carboxylic acids is 1. The van der Waals surface area contributed by atoms with E-state index in [-0.39, 0.29) is 24.8 Å². The molecule has 9 nitrogen and oxygen atoms in total. The van der Waals surface area contributed by atoms with Gasteiger partial charge in [0.05, 0.1) is 21.2 Å². The lowest BCUT2D eigenvalue weighted by molar-refractivity contribution is -0.384. The van der Waals surface area contributed by atoms with Crippen LogP contribution in [0.4, 0.5) is 10.5 Å². The molecule has 0 aliphatic carbocycles. The summed E-state index contributed by atoms with van der Waals surface area (Å²) in [6, 6.07) is 14.4. The van der Waals surface area contributed by atoms with Gasteiger partial charge in [-0.2, -0.15) is 0 Å². The lowest BCUT2D eigenvalue weighted by Gasteiger charge is -2.33. The Kier molecular flexibility index (Phi) is 10.0. The van der Waals surface area contributed by atoms with E-state index in [1.54, 1.807) is 11.2 Å². The van der Waals surface area contributed by atoms with Crippen LogP contribution in [0.2, 0.25) is 0 Å². The third-order valence-electron chi connectivity index (χ3n) is 5.09. The minimum atomic E-state index is -3.07. The number of carbonyl (C=O) groups is 1. The van der Waals surface area contributed by atoms with Gasteiger partial charge in [0.15, 0.2) is 0 Å². The Hall–Kier alpha value is -2.95. The highest BCUT2D eigenvalue weighted by Crippen LogP contribution is 2.22. The summed E-state index contributed by atoms with van der Waals surface area (Å²) in [5, 5.41) is 11.0. The minimum Gasteiger partial charge on any atom is -0.435 e. The van der Waals surface area contributed by atoms with Gasteiger partial charge >= 0.3 is 6.16 Å². The SMILES string of the molecule is C=S(=O)(c1ccc([N+](=O)[O-])cc1)N(CC(C)C)CC(OC(=O)OCC)C(N)Cc1ccccc1.